The summed E-state index contributed by atoms with van der Waals surface area (Å²) in [4.78, 5) is 36.4. The van der Waals surface area contributed by atoms with E-state index in [1.54, 1.807) is 0 Å². The van der Waals surface area contributed by atoms with Crippen molar-refractivity contribution in [1.82, 2.24) is 5.64 Å². The van der Waals surface area contributed by atoms with Crippen molar-refractivity contribution in [3.63, 3.8) is 0 Å². The molecule has 0 heterocycles. The largest absolute Gasteiger partial charge is 0.459 e. The van der Waals surface area contributed by atoms with E-state index in [1.807, 2.05) is 5.64 Å². The number of hydrogen-bond acceptors (Lipinski definition) is 8. The SMILES string of the molecule is CC(C=NOCC=O)(ONOCC(Cl)(Cl)Cl)C(=O)OCC(Cl)(Cl)Cl. The van der Waals surface area contributed by atoms with Crippen LogP contribution in [0.4, 0.5) is 0 Å². The second kappa shape index (κ2) is 11.1. The van der Waals surface area contributed by atoms with Crippen molar-refractivity contribution in [2.75, 3.05) is 19.8 Å². The molecule has 24 heavy (non-hydrogen) atoms. The molecule has 0 spiro atoms. The molecule has 0 aliphatic heterocycles. The zero-order valence-electron chi connectivity index (χ0n) is 11.9. The third kappa shape index (κ3) is 12.6. The summed E-state index contributed by atoms with van der Waals surface area (Å²) < 4.78 is 1.23. The molecule has 0 rings (SSSR count). The minimum Gasteiger partial charge on any atom is -0.459 e. The van der Waals surface area contributed by atoms with E-state index in [4.69, 9.17) is 84.0 Å². The Kier molecular flexibility index (Phi) is 11.2. The highest BCUT2D eigenvalue weighted by molar-refractivity contribution is 6.68. The van der Waals surface area contributed by atoms with Crippen LogP contribution in [-0.2, 0) is 28.8 Å². The van der Waals surface area contributed by atoms with E-state index in [2.05, 4.69) is 9.99 Å². The molecule has 0 saturated carbocycles. The topological polar surface area (TPSA) is 95.5 Å². The van der Waals surface area contributed by atoms with Crippen LogP contribution in [0.15, 0.2) is 5.16 Å². The Morgan fingerprint density at radius 2 is 1.71 bits per heavy atom. The smallest absolute Gasteiger partial charge is 0.346 e. The number of ether oxygens (including phenoxy) is 1. The molecule has 0 amide bonds. The van der Waals surface area contributed by atoms with Crippen LogP contribution in [0.1, 0.15) is 6.92 Å². The molecule has 1 atom stereocenters. The lowest BCUT2D eigenvalue weighted by molar-refractivity contribution is -0.221. The highest BCUT2D eigenvalue weighted by Crippen LogP contribution is 2.27. The number of rotatable bonds is 10. The molecule has 0 aliphatic rings. The first-order valence-corrected chi connectivity index (χ1v) is 8.12. The summed E-state index contributed by atoms with van der Waals surface area (Å²) in [6.45, 7) is -0.0939. The highest BCUT2D eigenvalue weighted by Gasteiger charge is 2.38. The fourth-order valence-corrected chi connectivity index (χ4v) is 1.18. The van der Waals surface area contributed by atoms with Crippen LogP contribution in [0.5, 0.6) is 0 Å². The molecule has 0 aromatic carbocycles. The number of oxime groups is 1. The average molecular weight is 469 g/mol. The van der Waals surface area contributed by atoms with Crippen molar-refractivity contribution >= 4 is 88.1 Å². The lowest BCUT2D eigenvalue weighted by Gasteiger charge is -2.24. The van der Waals surface area contributed by atoms with E-state index in [0.29, 0.717) is 6.29 Å². The third-order valence-electron chi connectivity index (χ3n) is 1.84. The number of carbonyl (C=O) groups excluding carboxylic acids is 2. The maximum Gasteiger partial charge on any atom is 0.346 e. The van der Waals surface area contributed by atoms with Crippen LogP contribution < -0.4 is 5.64 Å². The zero-order chi connectivity index (χ0) is 18.9. The Labute approximate surface area is 167 Å². The van der Waals surface area contributed by atoms with Gasteiger partial charge in [-0.15, -0.1) is 0 Å². The summed E-state index contributed by atoms with van der Waals surface area (Å²) in [5, 5.41) is 3.37. The quantitative estimate of drug-likeness (QED) is 0.131. The molecule has 0 radical (unpaired) electrons. The summed E-state index contributed by atoms with van der Waals surface area (Å²) in [6, 6.07) is 0. The molecule has 1 unspecified atom stereocenters. The monoisotopic (exact) mass is 466 g/mol. The van der Waals surface area contributed by atoms with Crippen LogP contribution in [-0.4, -0.2) is 51.5 Å². The summed E-state index contributed by atoms with van der Waals surface area (Å²) >= 11 is 32.8. The molecule has 8 nitrogen and oxygen atoms in total. The van der Waals surface area contributed by atoms with Gasteiger partial charge in [-0.1, -0.05) is 80.4 Å². The Bertz CT molecular complexity index is 441. The molecule has 1 N–H and O–H groups in total. The zero-order valence-corrected chi connectivity index (χ0v) is 16.5. The minimum atomic E-state index is -1.88. The van der Waals surface area contributed by atoms with Crippen LogP contribution >= 0.6 is 69.6 Å². The summed E-state index contributed by atoms with van der Waals surface area (Å²) in [6.07, 6.45) is 1.32. The van der Waals surface area contributed by atoms with Crippen molar-refractivity contribution < 1.29 is 28.8 Å². The van der Waals surface area contributed by atoms with Gasteiger partial charge in [-0.2, -0.15) is 0 Å². The predicted octanol–water partition coefficient (Wildman–Crippen LogP) is 2.68. The molecule has 0 aromatic heterocycles. The van der Waals surface area contributed by atoms with Crippen LogP contribution in [0, 0.1) is 0 Å². The van der Waals surface area contributed by atoms with E-state index in [0.717, 1.165) is 6.21 Å². The maximum atomic E-state index is 12.1. The Morgan fingerprint density at radius 1 is 1.12 bits per heavy atom. The van der Waals surface area contributed by atoms with Gasteiger partial charge in [0.15, 0.2) is 12.9 Å². The van der Waals surface area contributed by atoms with Gasteiger partial charge in [0.25, 0.3) is 0 Å². The van der Waals surface area contributed by atoms with E-state index >= 15 is 0 Å². The lowest BCUT2D eigenvalue weighted by atomic mass is 10.1. The summed E-state index contributed by atoms with van der Waals surface area (Å²) in [7, 11) is 0. The predicted molar refractivity (Wildman–Crippen MR) is 90.6 cm³/mol. The number of nitrogens with zero attached hydrogens (tertiary/aromatic N) is 1. The van der Waals surface area contributed by atoms with Gasteiger partial charge in [0.2, 0.25) is 13.2 Å². The molecule has 0 aliphatic carbocycles. The molecular weight excluding hydrogens is 457 g/mol. The number of carbonyl (C=O) groups is 2. The molecule has 0 saturated heterocycles. The Balaban J connectivity index is 4.77. The van der Waals surface area contributed by atoms with E-state index in [9.17, 15) is 9.59 Å². The second-order valence-corrected chi connectivity index (χ2v) is 9.12. The van der Waals surface area contributed by atoms with Crippen molar-refractivity contribution in [1.29, 1.82) is 0 Å². The Morgan fingerprint density at radius 3 is 2.21 bits per heavy atom. The van der Waals surface area contributed by atoms with Gasteiger partial charge in [-0.3, -0.25) is 14.5 Å². The molecule has 0 fully saturated rings. The molecule has 14 heteroatoms. The number of esters is 1. The first kappa shape index (κ1) is 24.2. The minimum absolute atomic E-state index is 0.340. The van der Waals surface area contributed by atoms with Crippen molar-refractivity contribution in [2.24, 2.45) is 5.16 Å². The summed E-state index contributed by atoms with van der Waals surface area (Å²) in [5.41, 5.74) is 0.0495. The van der Waals surface area contributed by atoms with Crippen LogP contribution in [0.3, 0.4) is 0 Å². The Hall–Kier alpha value is 0.230. The van der Waals surface area contributed by atoms with Crippen LogP contribution in [0.25, 0.3) is 0 Å². The molecule has 0 aromatic rings. The van der Waals surface area contributed by atoms with Crippen molar-refractivity contribution in [3.8, 4) is 0 Å². The maximum absolute atomic E-state index is 12.1. The normalized spacial score (nSPS) is 15.1. The third-order valence-corrected chi connectivity index (χ3v) is 2.49. The van der Waals surface area contributed by atoms with Gasteiger partial charge in [-0.25, -0.2) is 4.79 Å². The molecular formula is C10H12Cl6N2O6. The molecule has 0 bridgehead atoms. The first-order valence-electron chi connectivity index (χ1n) is 5.85. The second-order valence-electron chi connectivity index (χ2n) is 4.08. The van der Waals surface area contributed by atoms with E-state index in [1.165, 1.54) is 6.92 Å². The number of hydrogen-bond donors (Lipinski definition) is 1. The fourth-order valence-electron chi connectivity index (χ4n) is 0.850. The van der Waals surface area contributed by atoms with Gasteiger partial charge in [0.1, 0.15) is 13.2 Å². The van der Waals surface area contributed by atoms with Gasteiger partial charge >= 0.3 is 5.97 Å². The highest BCUT2D eigenvalue weighted by atomic mass is 35.6. The average Bonchev–Trinajstić information content (AvgIpc) is 2.44. The van der Waals surface area contributed by atoms with Crippen molar-refractivity contribution in [2.45, 2.75) is 20.1 Å². The van der Waals surface area contributed by atoms with Gasteiger partial charge in [-0.05, 0) is 6.92 Å². The number of nitrogens with one attached hydrogen (secondary N) is 1. The van der Waals surface area contributed by atoms with Crippen LogP contribution in [0.2, 0.25) is 0 Å². The van der Waals surface area contributed by atoms with Gasteiger partial charge in [0, 0.05) is 0 Å². The van der Waals surface area contributed by atoms with E-state index in [-0.39, 0.29) is 6.61 Å². The summed E-state index contributed by atoms with van der Waals surface area (Å²) in [5.74, 6) is -1.02. The van der Waals surface area contributed by atoms with Gasteiger partial charge < -0.3 is 9.57 Å². The number of alkyl halides is 6. The standard InChI is InChI=1S/C10H12Cl6N2O6/c1-8(4-17-22-3-2-19,7(20)21-5-9(11,12)13)24-18-23-6-10(14,15)16/h2,4,18H,3,5-6H2,1H3. The van der Waals surface area contributed by atoms with Crippen molar-refractivity contribution in [3.05, 3.63) is 0 Å². The lowest BCUT2D eigenvalue weighted by Crippen LogP contribution is -2.46. The number of halogens is 6. The molecule has 140 valence electrons. The fraction of sp³-hybridized carbons (Fsp3) is 0.700. The number of aldehydes is 1. The van der Waals surface area contributed by atoms with Gasteiger partial charge in [0.05, 0.1) is 6.21 Å². The first-order chi connectivity index (χ1) is 10.9. The van der Waals surface area contributed by atoms with E-state index < -0.39 is 32.4 Å².